The highest BCUT2D eigenvalue weighted by Crippen LogP contribution is 2.27. The molecular formula is C10H10FN3S. The molecule has 78 valence electrons. The Kier molecular flexibility index (Phi) is 2.75. The molecule has 0 radical (unpaired) electrons. The lowest BCUT2D eigenvalue weighted by Gasteiger charge is -1.95. The highest BCUT2D eigenvalue weighted by atomic mass is 32.1. The number of hydrogen-bond donors (Lipinski definition) is 1. The first-order valence-corrected chi connectivity index (χ1v) is 5.31. The Bertz CT molecular complexity index is 481. The molecule has 0 atom stereocenters. The van der Waals surface area contributed by atoms with Crippen LogP contribution in [0.25, 0.3) is 10.7 Å². The maximum atomic E-state index is 13.4. The van der Waals surface area contributed by atoms with Crippen LogP contribution >= 0.6 is 11.3 Å². The summed E-state index contributed by atoms with van der Waals surface area (Å²) in [7, 11) is 0. The summed E-state index contributed by atoms with van der Waals surface area (Å²) in [5, 5.41) is 0.589. The molecule has 0 saturated heterocycles. The predicted octanol–water partition coefficient (Wildman–Crippen LogP) is 2.11. The summed E-state index contributed by atoms with van der Waals surface area (Å²) in [4.78, 5) is 9.19. The summed E-state index contributed by atoms with van der Waals surface area (Å²) < 4.78 is 13.4. The van der Waals surface area contributed by atoms with Gasteiger partial charge in [0.2, 0.25) is 0 Å². The molecular weight excluding hydrogens is 213 g/mol. The lowest BCUT2D eigenvalue weighted by atomic mass is 10.3. The summed E-state index contributed by atoms with van der Waals surface area (Å²) in [6.07, 6.45) is 1.55. The van der Waals surface area contributed by atoms with Gasteiger partial charge in [-0.15, -0.1) is 11.3 Å². The zero-order chi connectivity index (χ0) is 10.8. The molecule has 2 rings (SSSR count). The van der Waals surface area contributed by atoms with E-state index in [1.165, 1.54) is 17.4 Å². The van der Waals surface area contributed by atoms with Crippen molar-refractivity contribution >= 4 is 11.3 Å². The van der Waals surface area contributed by atoms with Crippen molar-refractivity contribution in [2.24, 2.45) is 5.73 Å². The van der Waals surface area contributed by atoms with Gasteiger partial charge in [0.05, 0.1) is 5.69 Å². The van der Waals surface area contributed by atoms with Crippen molar-refractivity contribution in [3.63, 3.8) is 0 Å². The van der Waals surface area contributed by atoms with Crippen molar-refractivity contribution in [1.82, 2.24) is 9.97 Å². The third kappa shape index (κ3) is 1.88. The van der Waals surface area contributed by atoms with Crippen molar-refractivity contribution in [2.45, 2.75) is 13.5 Å². The molecule has 0 bridgehead atoms. The standard InChI is InChI=1S/C10H10FN3S/c1-6-8(5-12)15-10(14-6)9-7(11)3-2-4-13-9/h2-4H,5,12H2,1H3. The molecule has 0 saturated carbocycles. The second kappa shape index (κ2) is 4.04. The Labute approximate surface area is 90.8 Å². The molecule has 0 spiro atoms. The molecule has 5 heteroatoms. The molecule has 2 aromatic heterocycles. The third-order valence-corrected chi connectivity index (χ3v) is 3.23. The van der Waals surface area contributed by atoms with E-state index in [4.69, 9.17) is 5.73 Å². The Morgan fingerprint density at radius 2 is 2.33 bits per heavy atom. The summed E-state index contributed by atoms with van der Waals surface area (Å²) in [6.45, 7) is 2.29. The number of aryl methyl sites for hydroxylation is 1. The number of thiazole rings is 1. The van der Waals surface area contributed by atoms with Gasteiger partial charge < -0.3 is 5.73 Å². The lowest BCUT2D eigenvalue weighted by Crippen LogP contribution is -1.94. The van der Waals surface area contributed by atoms with Crippen LogP contribution < -0.4 is 5.73 Å². The fourth-order valence-corrected chi connectivity index (χ4v) is 2.20. The van der Waals surface area contributed by atoms with Gasteiger partial charge >= 0.3 is 0 Å². The molecule has 0 aliphatic carbocycles. The lowest BCUT2D eigenvalue weighted by molar-refractivity contribution is 0.625. The van der Waals surface area contributed by atoms with Gasteiger partial charge in [0, 0.05) is 17.6 Å². The zero-order valence-electron chi connectivity index (χ0n) is 8.20. The summed E-state index contributed by atoms with van der Waals surface area (Å²) in [5.41, 5.74) is 6.68. The first-order chi connectivity index (χ1) is 7.22. The Hall–Kier alpha value is -1.33. The molecule has 2 N–H and O–H groups in total. The van der Waals surface area contributed by atoms with E-state index in [9.17, 15) is 4.39 Å². The largest absolute Gasteiger partial charge is 0.326 e. The van der Waals surface area contributed by atoms with Crippen LogP contribution in [-0.4, -0.2) is 9.97 Å². The van der Waals surface area contributed by atoms with Crippen LogP contribution in [0, 0.1) is 12.7 Å². The minimum absolute atomic E-state index is 0.297. The van der Waals surface area contributed by atoms with E-state index in [0.717, 1.165) is 10.6 Å². The van der Waals surface area contributed by atoms with Gasteiger partial charge in [0.15, 0.2) is 5.82 Å². The highest BCUT2D eigenvalue weighted by Gasteiger charge is 2.12. The number of aromatic nitrogens is 2. The van der Waals surface area contributed by atoms with E-state index in [1.807, 2.05) is 6.92 Å². The molecule has 0 unspecified atom stereocenters. The molecule has 3 nitrogen and oxygen atoms in total. The van der Waals surface area contributed by atoms with Crippen LogP contribution in [0.5, 0.6) is 0 Å². The van der Waals surface area contributed by atoms with Gasteiger partial charge in [-0.05, 0) is 19.1 Å². The summed E-state index contributed by atoms with van der Waals surface area (Å²) in [5.74, 6) is -0.352. The Balaban J connectivity index is 2.50. The van der Waals surface area contributed by atoms with E-state index in [0.29, 0.717) is 17.2 Å². The van der Waals surface area contributed by atoms with Crippen LogP contribution in [0.2, 0.25) is 0 Å². The van der Waals surface area contributed by atoms with Crippen molar-refractivity contribution in [2.75, 3.05) is 0 Å². The van der Waals surface area contributed by atoms with Crippen molar-refractivity contribution in [1.29, 1.82) is 0 Å². The quantitative estimate of drug-likeness (QED) is 0.848. The number of nitrogens with two attached hydrogens (primary N) is 1. The van der Waals surface area contributed by atoms with Gasteiger partial charge in [0.25, 0.3) is 0 Å². The predicted molar refractivity (Wildman–Crippen MR) is 57.9 cm³/mol. The average Bonchev–Trinajstić information content (AvgIpc) is 2.60. The Morgan fingerprint density at radius 3 is 2.93 bits per heavy atom. The molecule has 0 aromatic carbocycles. The number of hydrogen-bond acceptors (Lipinski definition) is 4. The van der Waals surface area contributed by atoms with Crippen molar-refractivity contribution in [3.05, 3.63) is 34.7 Å². The summed E-state index contributed by atoms with van der Waals surface area (Å²) >= 11 is 1.39. The number of pyridine rings is 1. The van der Waals surface area contributed by atoms with E-state index < -0.39 is 0 Å². The van der Waals surface area contributed by atoms with Crippen molar-refractivity contribution < 1.29 is 4.39 Å². The minimum atomic E-state index is -0.352. The zero-order valence-corrected chi connectivity index (χ0v) is 9.01. The van der Waals surface area contributed by atoms with Gasteiger partial charge in [-0.25, -0.2) is 9.37 Å². The van der Waals surface area contributed by atoms with E-state index in [-0.39, 0.29) is 5.82 Å². The Morgan fingerprint density at radius 1 is 1.53 bits per heavy atom. The maximum absolute atomic E-state index is 13.4. The molecule has 0 aliphatic rings. The first-order valence-electron chi connectivity index (χ1n) is 4.49. The fraction of sp³-hybridized carbons (Fsp3) is 0.200. The average molecular weight is 223 g/mol. The normalized spacial score (nSPS) is 10.6. The van der Waals surface area contributed by atoms with Crippen LogP contribution in [0.1, 0.15) is 10.6 Å². The van der Waals surface area contributed by atoms with Crippen molar-refractivity contribution in [3.8, 4) is 10.7 Å². The molecule has 2 aromatic rings. The highest BCUT2D eigenvalue weighted by molar-refractivity contribution is 7.15. The maximum Gasteiger partial charge on any atom is 0.151 e. The van der Waals surface area contributed by atoms with Crippen LogP contribution in [0.15, 0.2) is 18.3 Å². The molecule has 15 heavy (non-hydrogen) atoms. The second-order valence-electron chi connectivity index (χ2n) is 3.07. The van der Waals surface area contributed by atoms with Gasteiger partial charge in [0.1, 0.15) is 10.7 Å². The topological polar surface area (TPSA) is 51.8 Å². The second-order valence-corrected chi connectivity index (χ2v) is 4.15. The van der Waals surface area contributed by atoms with E-state index in [2.05, 4.69) is 9.97 Å². The van der Waals surface area contributed by atoms with E-state index >= 15 is 0 Å². The molecule has 0 fully saturated rings. The monoisotopic (exact) mass is 223 g/mol. The number of nitrogens with zero attached hydrogens (tertiary/aromatic N) is 2. The number of rotatable bonds is 2. The molecule has 2 heterocycles. The third-order valence-electron chi connectivity index (χ3n) is 2.04. The minimum Gasteiger partial charge on any atom is -0.326 e. The van der Waals surface area contributed by atoms with E-state index in [1.54, 1.807) is 12.3 Å². The van der Waals surface area contributed by atoms with Gasteiger partial charge in [-0.3, -0.25) is 4.98 Å². The SMILES string of the molecule is Cc1nc(-c2ncccc2F)sc1CN. The smallest absolute Gasteiger partial charge is 0.151 e. The van der Waals surface area contributed by atoms with Crippen LogP contribution in [0.3, 0.4) is 0 Å². The fourth-order valence-electron chi connectivity index (χ4n) is 1.26. The van der Waals surface area contributed by atoms with Gasteiger partial charge in [-0.1, -0.05) is 0 Å². The summed E-state index contributed by atoms with van der Waals surface area (Å²) in [6, 6.07) is 2.93. The van der Waals surface area contributed by atoms with Crippen LogP contribution in [-0.2, 0) is 6.54 Å². The molecule has 0 aliphatic heterocycles. The first kappa shape index (κ1) is 10.2. The van der Waals surface area contributed by atoms with Crippen LogP contribution in [0.4, 0.5) is 4.39 Å². The number of halogens is 1. The van der Waals surface area contributed by atoms with Gasteiger partial charge in [-0.2, -0.15) is 0 Å². The molecule has 0 amide bonds.